The van der Waals surface area contributed by atoms with Crippen molar-refractivity contribution in [2.24, 2.45) is 0 Å². The van der Waals surface area contributed by atoms with Crippen molar-refractivity contribution in [3.63, 3.8) is 0 Å². The summed E-state index contributed by atoms with van der Waals surface area (Å²) in [6.07, 6.45) is 1.98. The molecule has 0 radical (unpaired) electrons. The Balaban J connectivity index is 1.49. The SMILES string of the molecule is CC1=C[C@@]2(Nc3cc(-c4ccccc4)cc(Br)c3O2)c2c(C)nn(-c3ccccc3)c2O1. The van der Waals surface area contributed by atoms with Gasteiger partial charge in [-0.05, 0) is 65.2 Å². The first kappa shape index (κ1) is 19.2. The molecule has 0 bridgehead atoms. The van der Waals surface area contributed by atoms with Crippen LogP contribution in [0.5, 0.6) is 11.6 Å². The fourth-order valence-corrected chi connectivity index (χ4v) is 5.01. The number of allylic oxidation sites excluding steroid dienone is 1. The van der Waals surface area contributed by atoms with Crippen LogP contribution in [0.3, 0.4) is 0 Å². The third-order valence-electron chi connectivity index (χ3n) is 5.79. The number of aromatic nitrogens is 2. The molecule has 5 nitrogen and oxygen atoms in total. The summed E-state index contributed by atoms with van der Waals surface area (Å²) in [5, 5.41) is 8.42. The van der Waals surface area contributed by atoms with E-state index in [1.807, 2.05) is 73.1 Å². The minimum absolute atomic E-state index is 0.661. The van der Waals surface area contributed by atoms with Crippen molar-refractivity contribution in [1.82, 2.24) is 9.78 Å². The summed E-state index contributed by atoms with van der Waals surface area (Å²) in [4.78, 5) is 0. The fraction of sp³-hybridized carbons (Fsp3) is 0.115. The molecular weight excluding hydrogens is 466 g/mol. The Kier molecular flexibility index (Phi) is 4.20. The van der Waals surface area contributed by atoms with Gasteiger partial charge in [-0.25, -0.2) is 4.68 Å². The van der Waals surface area contributed by atoms with Crippen molar-refractivity contribution in [2.75, 3.05) is 5.32 Å². The molecule has 3 aromatic carbocycles. The minimum Gasteiger partial charge on any atom is -0.456 e. The van der Waals surface area contributed by atoms with Crippen molar-refractivity contribution in [3.8, 4) is 28.4 Å². The molecule has 32 heavy (non-hydrogen) atoms. The maximum atomic E-state index is 6.62. The molecule has 0 saturated heterocycles. The number of fused-ring (bicyclic) bond motifs is 3. The van der Waals surface area contributed by atoms with E-state index < -0.39 is 5.72 Å². The maximum Gasteiger partial charge on any atom is 0.237 e. The van der Waals surface area contributed by atoms with Gasteiger partial charge in [0.1, 0.15) is 11.3 Å². The summed E-state index contributed by atoms with van der Waals surface area (Å²) in [6, 6.07) is 24.5. The quantitative estimate of drug-likeness (QED) is 0.349. The second-order valence-corrected chi connectivity index (χ2v) is 8.89. The average Bonchev–Trinajstić information content (AvgIpc) is 3.33. The fourth-order valence-electron chi connectivity index (χ4n) is 4.47. The van der Waals surface area contributed by atoms with E-state index in [0.29, 0.717) is 5.88 Å². The molecule has 158 valence electrons. The summed E-state index contributed by atoms with van der Waals surface area (Å²) in [5.41, 5.74) is 4.92. The zero-order valence-electron chi connectivity index (χ0n) is 17.6. The van der Waals surface area contributed by atoms with E-state index in [-0.39, 0.29) is 0 Å². The average molecular weight is 486 g/mol. The molecule has 0 aliphatic carbocycles. The number of ether oxygens (including phenoxy) is 2. The lowest BCUT2D eigenvalue weighted by Crippen LogP contribution is -2.38. The monoisotopic (exact) mass is 485 g/mol. The normalized spacial score (nSPS) is 18.3. The number of nitrogens with one attached hydrogen (secondary N) is 1. The van der Waals surface area contributed by atoms with Gasteiger partial charge in [-0.1, -0.05) is 48.5 Å². The first-order valence-corrected chi connectivity index (χ1v) is 11.2. The van der Waals surface area contributed by atoms with Gasteiger partial charge in [-0.3, -0.25) is 0 Å². The van der Waals surface area contributed by atoms with Crippen LogP contribution in [0.1, 0.15) is 18.2 Å². The van der Waals surface area contributed by atoms with Crippen LogP contribution in [0.4, 0.5) is 5.69 Å². The molecule has 0 unspecified atom stereocenters. The highest BCUT2D eigenvalue weighted by molar-refractivity contribution is 9.10. The third-order valence-corrected chi connectivity index (χ3v) is 6.38. The van der Waals surface area contributed by atoms with Crippen LogP contribution in [0.25, 0.3) is 16.8 Å². The van der Waals surface area contributed by atoms with E-state index in [1.165, 1.54) is 0 Å². The highest BCUT2D eigenvalue weighted by atomic mass is 79.9. The summed E-state index contributed by atoms with van der Waals surface area (Å²) >= 11 is 3.72. The van der Waals surface area contributed by atoms with E-state index in [0.717, 1.165) is 49.7 Å². The van der Waals surface area contributed by atoms with Gasteiger partial charge in [0.25, 0.3) is 0 Å². The molecule has 1 aromatic heterocycles. The number of hydrogen-bond donors (Lipinski definition) is 1. The summed E-state index contributed by atoms with van der Waals surface area (Å²) in [5.74, 6) is 2.18. The van der Waals surface area contributed by atoms with Crippen molar-refractivity contribution >= 4 is 21.6 Å². The zero-order valence-corrected chi connectivity index (χ0v) is 19.2. The number of hydrogen-bond acceptors (Lipinski definition) is 4. The smallest absolute Gasteiger partial charge is 0.237 e. The van der Waals surface area contributed by atoms with Crippen LogP contribution < -0.4 is 14.8 Å². The minimum atomic E-state index is -0.894. The second kappa shape index (κ2) is 7.00. The topological polar surface area (TPSA) is 48.3 Å². The van der Waals surface area contributed by atoms with E-state index in [4.69, 9.17) is 14.6 Å². The van der Waals surface area contributed by atoms with Crippen LogP contribution in [0.15, 0.2) is 89.1 Å². The molecule has 4 aromatic rings. The largest absolute Gasteiger partial charge is 0.456 e. The highest BCUT2D eigenvalue weighted by Crippen LogP contribution is 2.52. The van der Waals surface area contributed by atoms with Gasteiger partial charge in [0.2, 0.25) is 11.6 Å². The Labute approximate surface area is 194 Å². The summed E-state index contributed by atoms with van der Waals surface area (Å²) < 4.78 is 15.5. The summed E-state index contributed by atoms with van der Waals surface area (Å²) in [6.45, 7) is 3.91. The first-order chi connectivity index (χ1) is 15.5. The number of rotatable bonds is 2. The van der Waals surface area contributed by atoms with Crippen LogP contribution in [0, 0.1) is 6.92 Å². The predicted molar refractivity (Wildman–Crippen MR) is 128 cm³/mol. The number of anilines is 1. The van der Waals surface area contributed by atoms with Gasteiger partial charge in [0, 0.05) is 6.08 Å². The molecule has 0 amide bonds. The zero-order chi connectivity index (χ0) is 21.9. The molecule has 3 heterocycles. The van der Waals surface area contributed by atoms with Gasteiger partial charge >= 0.3 is 0 Å². The van der Waals surface area contributed by atoms with E-state index in [9.17, 15) is 0 Å². The standard InChI is InChI=1S/C26H20BrN3O2/c1-16-15-26(23-17(2)29-30(25(23)31-16)20-11-7-4-8-12-20)28-22-14-19(13-21(27)24(22)32-26)18-9-5-3-6-10-18/h3-15,28H,1-2H3/t26-/m0/s1. The van der Waals surface area contributed by atoms with Crippen molar-refractivity contribution in [3.05, 3.63) is 100 Å². The molecule has 0 saturated carbocycles. The predicted octanol–water partition coefficient (Wildman–Crippen LogP) is 6.56. The van der Waals surface area contributed by atoms with Crippen LogP contribution in [0.2, 0.25) is 0 Å². The molecule has 2 aliphatic heterocycles. The van der Waals surface area contributed by atoms with Crippen LogP contribution in [-0.4, -0.2) is 9.78 Å². The van der Waals surface area contributed by atoms with Gasteiger partial charge < -0.3 is 14.8 Å². The lowest BCUT2D eigenvalue weighted by Gasteiger charge is -2.31. The lowest BCUT2D eigenvalue weighted by atomic mass is 10.00. The first-order valence-electron chi connectivity index (χ1n) is 10.4. The number of para-hydroxylation sites is 1. The van der Waals surface area contributed by atoms with E-state index >= 15 is 0 Å². The number of aryl methyl sites for hydroxylation is 1. The Hall–Kier alpha value is -3.51. The van der Waals surface area contributed by atoms with Crippen LogP contribution >= 0.6 is 15.9 Å². The molecule has 6 rings (SSSR count). The van der Waals surface area contributed by atoms with Crippen molar-refractivity contribution < 1.29 is 9.47 Å². The molecule has 1 atom stereocenters. The molecule has 0 fully saturated rings. The Morgan fingerprint density at radius 3 is 2.41 bits per heavy atom. The summed E-state index contributed by atoms with van der Waals surface area (Å²) in [7, 11) is 0. The van der Waals surface area contributed by atoms with Gasteiger partial charge in [-0.15, -0.1) is 0 Å². The molecule has 1 N–H and O–H groups in total. The Morgan fingerprint density at radius 2 is 1.66 bits per heavy atom. The molecule has 1 spiro atoms. The molecule has 6 heteroatoms. The van der Waals surface area contributed by atoms with E-state index in [1.54, 1.807) is 0 Å². The third kappa shape index (κ3) is 2.87. The van der Waals surface area contributed by atoms with Gasteiger partial charge in [0.15, 0.2) is 5.75 Å². The van der Waals surface area contributed by atoms with Crippen molar-refractivity contribution in [1.29, 1.82) is 0 Å². The van der Waals surface area contributed by atoms with Gasteiger partial charge in [-0.2, -0.15) is 5.10 Å². The molecule has 2 aliphatic rings. The van der Waals surface area contributed by atoms with Crippen LogP contribution in [-0.2, 0) is 5.72 Å². The lowest BCUT2D eigenvalue weighted by molar-refractivity contribution is 0.152. The maximum absolute atomic E-state index is 6.62. The Bertz CT molecular complexity index is 1380. The number of halogens is 1. The van der Waals surface area contributed by atoms with E-state index in [2.05, 4.69) is 45.5 Å². The van der Waals surface area contributed by atoms with Crippen molar-refractivity contribution in [2.45, 2.75) is 19.6 Å². The Morgan fingerprint density at radius 1 is 0.938 bits per heavy atom. The highest BCUT2D eigenvalue weighted by Gasteiger charge is 2.48. The molecular formula is C26H20BrN3O2. The van der Waals surface area contributed by atoms with Gasteiger partial charge in [0.05, 0.1) is 21.5 Å². The number of nitrogens with zero attached hydrogens (tertiary/aromatic N) is 2. The number of benzene rings is 3. The second-order valence-electron chi connectivity index (χ2n) is 8.03.